The molecule has 0 amide bonds. The standard InChI is InChI=1S/C4H9.C2H3.Mg/c1-3-4-2;1-2;/h3H,4H2,1-2H3;1H,2H2;/q2*-1;+2. The maximum Gasteiger partial charge on any atom is 2.00 e. The number of hydrogen-bond donors (Lipinski definition) is 0. The first kappa shape index (κ1) is 15.6. The summed E-state index contributed by atoms with van der Waals surface area (Å²) in [5.41, 5.74) is 0. The van der Waals surface area contributed by atoms with E-state index in [-0.39, 0.29) is 23.1 Å². The van der Waals surface area contributed by atoms with E-state index in [1.165, 1.54) is 6.42 Å². The molecule has 0 aromatic rings. The summed E-state index contributed by atoms with van der Waals surface area (Å²) in [5.74, 6) is 0. The van der Waals surface area contributed by atoms with Gasteiger partial charge in [0.05, 0.1) is 0 Å². The Morgan fingerprint density at radius 1 is 1.57 bits per heavy atom. The average molecular weight is 108 g/mol. The smallest absolute Gasteiger partial charge is 0.521 e. The summed E-state index contributed by atoms with van der Waals surface area (Å²) >= 11 is 0. The Kier molecular flexibility index (Phi) is 70.2. The van der Waals surface area contributed by atoms with Crippen molar-refractivity contribution in [1.29, 1.82) is 0 Å². The molecule has 0 saturated carbocycles. The molecule has 0 rings (SSSR count). The zero-order valence-corrected chi connectivity index (χ0v) is 6.69. The van der Waals surface area contributed by atoms with Crippen molar-refractivity contribution in [2.45, 2.75) is 20.3 Å². The van der Waals surface area contributed by atoms with Crippen LogP contribution in [-0.4, -0.2) is 23.1 Å². The molecular weight excluding hydrogens is 96.4 g/mol. The SMILES string of the molecule is C[CH-]CC.[CH-]=C.[Mg+2]. The molecule has 0 aromatic carbocycles. The van der Waals surface area contributed by atoms with E-state index in [9.17, 15) is 0 Å². The molecule has 0 aliphatic carbocycles. The fraction of sp³-hybridized carbons (Fsp3) is 0.500. The van der Waals surface area contributed by atoms with Gasteiger partial charge in [-0.2, -0.15) is 13.3 Å². The quantitative estimate of drug-likeness (QED) is 0.355. The van der Waals surface area contributed by atoms with E-state index >= 15 is 0 Å². The normalized spacial score (nSPS) is 4.86. The van der Waals surface area contributed by atoms with E-state index in [1.54, 1.807) is 0 Å². The second kappa shape index (κ2) is 31.4. The van der Waals surface area contributed by atoms with Crippen molar-refractivity contribution < 1.29 is 0 Å². The maximum atomic E-state index is 4.25. The zero-order chi connectivity index (χ0) is 5.41. The molecule has 0 fully saturated rings. The summed E-state index contributed by atoms with van der Waals surface area (Å²) < 4.78 is 0. The Hall–Kier alpha value is 0.506. The van der Waals surface area contributed by atoms with Crippen molar-refractivity contribution >= 4 is 23.1 Å². The zero-order valence-electron chi connectivity index (χ0n) is 5.28. The molecule has 0 saturated heterocycles. The van der Waals surface area contributed by atoms with Crippen molar-refractivity contribution in [2.75, 3.05) is 0 Å². The first-order chi connectivity index (χ1) is 2.91. The van der Waals surface area contributed by atoms with Gasteiger partial charge in [0.15, 0.2) is 0 Å². The van der Waals surface area contributed by atoms with Crippen LogP contribution in [0, 0.1) is 13.0 Å². The number of hydrogen-bond acceptors (Lipinski definition) is 0. The van der Waals surface area contributed by atoms with E-state index in [0.29, 0.717) is 0 Å². The topological polar surface area (TPSA) is 0 Å². The van der Waals surface area contributed by atoms with Crippen LogP contribution in [-0.2, 0) is 0 Å². The summed E-state index contributed by atoms with van der Waals surface area (Å²) in [5, 5.41) is 0. The third kappa shape index (κ3) is 58.2. The van der Waals surface area contributed by atoms with E-state index < -0.39 is 0 Å². The number of unbranched alkanes of at least 4 members (excludes halogenated alkanes) is 1. The minimum atomic E-state index is 0. The Labute approximate surface area is 63.2 Å². The van der Waals surface area contributed by atoms with Crippen LogP contribution in [0.5, 0.6) is 0 Å². The largest absolute Gasteiger partial charge is 2.00 e. The van der Waals surface area contributed by atoms with Gasteiger partial charge in [0.1, 0.15) is 0 Å². The molecule has 0 spiro atoms. The molecule has 0 radical (unpaired) electrons. The van der Waals surface area contributed by atoms with E-state index in [4.69, 9.17) is 0 Å². The minimum Gasteiger partial charge on any atom is -0.521 e. The molecule has 0 aliphatic rings. The predicted octanol–water partition coefficient (Wildman–Crippen LogP) is 1.85. The maximum absolute atomic E-state index is 4.25. The van der Waals surface area contributed by atoms with Gasteiger partial charge in [0.25, 0.3) is 0 Å². The van der Waals surface area contributed by atoms with Gasteiger partial charge in [-0.25, -0.2) is 0 Å². The molecule has 38 valence electrons. The molecular formula is C6H12Mg. The first-order valence-electron chi connectivity index (χ1n) is 2.10. The third-order valence-corrected chi connectivity index (χ3v) is 0.408. The van der Waals surface area contributed by atoms with Gasteiger partial charge in [-0.3, -0.25) is 6.58 Å². The Balaban J connectivity index is -0.0000000480. The summed E-state index contributed by atoms with van der Waals surface area (Å²) in [6.45, 7) is 11.2. The van der Waals surface area contributed by atoms with Crippen molar-refractivity contribution in [3.8, 4) is 0 Å². The van der Waals surface area contributed by atoms with Crippen LogP contribution < -0.4 is 0 Å². The van der Waals surface area contributed by atoms with Gasteiger partial charge < -0.3 is 13.0 Å². The van der Waals surface area contributed by atoms with Gasteiger partial charge in [-0.1, -0.05) is 6.92 Å². The van der Waals surface area contributed by atoms with Crippen LogP contribution in [0.2, 0.25) is 0 Å². The molecule has 0 bridgehead atoms. The third-order valence-electron chi connectivity index (χ3n) is 0.408. The first-order valence-corrected chi connectivity index (χ1v) is 2.10. The van der Waals surface area contributed by atoms with Crippen molar-refractivity contribution in [3.05, 3.63) is 19.6 Å². The van der Waals surface area contributed by atoms with Gasteiger partial charge >= 0.3 is 23.1 Å². The monoisotopic (exact) mass is 108 g/mol. The second-order valence-electron chi connectivity index (χ2n) is 0.816. The summed E-state index contributed by atoms with van der Waals surface area (Å²) in [6.07, 6.45) is 3.32. The fourth-order valence-corrected chi connectivity index (χ4v) is 0. The van der Waals surface area contributed by atoms with Gasteiger partial charge in [-0.15, -0.1) is 0 Å². The van der Waals surface area contributed by atoms with Crippen LogP contribution in [0.25, 0.3) is 0 Å². The summed E-state index contributed by atoms with van der Waals surface area (Å²) in [4.78, 5) is 0. The second-order valence-corrected chi connectivity index (χ2v) is 0.816. The Bertz CT molecular complexity index is 11.7. The van der Waals surface area contributed by atoms with Gasteiger partial charge in [-0.05, 0) is 0 Å². The molecule has 0 nitrogen and oxygen atoms in total. The minimum absolute atomic E-state index is 0. The average Bonchev–Trinajstić information content (AvgIpc) is 1.72. The molecule has 0 atom stereocenters. The van der Waals surface area contributed by atoms with Crippen molar-refractivity contribution in [2.24, 2.45) is 0 Å². The van der Waals surface area contributed by atoms with Gasteiger partial charge in [0, 0.05) is 0 Å². The van der Waals surface area contributed by atoms with E-state index in [1.807, 2.05) is 0 Å². The van der Waals surface area contributed by atoms with Crippen LogP contribution in [0.4, 0.5) is 0 Å². The Morgan fingerprint density at radius 3 is 1.71 bits per heavy atom. The molecule has 0 aliphatic heterocycles. The molecule has 0 aromatic heterocycles. The molecule has 1 heteroatoms. The molecule has 0 N–H and O–H groups in total. The van der Waals surface area contributed by atoms with Crippen molar-refractivity contribution in [1.82, 2.24) is 0 Å². The van der Waals surface area contributed by atoms with Crippen molar-refractivity contribution in [3.63, 3.8) is 0 Å². The van der Waals surface area contributed by atoms with Crippen LogP contribution in [0.1, 0.15) is 20.3 Å². The van der Waals surface area contributed by atoms with E-state index in [2.05, 4.69) is 33.4 Å². The molecule has 0 unspecified atom stereocenters. The predicted molar refractivity (Wildman–Crippen MR) is 35.9 cm³/mol. The van der Waals surface area contributed by atoms with Crippen LogP contribution in [0.3, 0.4) is 0 Å². The number of rotatable bonds is 1. The van der Waals surface area contributed by atoms with Crippen LogP contribution >= 0.6 is 0 Å². The summed E-state index contributed by atoms with van der Waals surface area (Å²) in [6, 6.07) is 0. The molecule has 0 heterocycles. The molecule has 7 heavy (non-hydrogen) atoms. The fourth-order valence-electron chi connectivity index (χ4n) is 0. The van der Waals surface area contributed by atoms with E-state index in [0.717, 1.165) is 0 Å². The van der Waals surface area contributed by atoms with Gasteiger partial charge in [0.2, 0.25) is 0 Å². The Morgan fingerprint density at radius 2 is 1.71 bits per heavy atom. The van der Waals surface area contributed by atoms with Crippen LogP contribution in [0.15, 0.2) is 6.58 Å². The summed E-state index contributed by atoms with van der Waals surface area (Å²) in [7, 11) is 0.